The van der Waals surface area contributed by atoms with Crippen LogP contribution in [0.1, 0.15) is 55.3 Å². The molecule has 3 nitrogen and oxygen atoms in total. The summed E-state index contributed by atoms with van der Waals surface area (Å²) >= 11 is 0. The molecule has 2 aliphatic rings. The Morgan fingerprint density at radius 2 is 1.14 bits per heavy atom. The number of carbonyl (C=O) groups is 2. The average molecular weight is 367 g/mol. The zero-order valence-electron chi connectivity index (χ0n) is 15.6. The van der Waals surface area contributed by atoms with E-state index >= 15 is 0 Å². The van der Waals surface area contributed by atoms with E-state index in [2.05, 4.69) is 48.5 Å². The fourth-order valence-corrected chi connectivity index (χ4v) is 4.65. The van der Waals surface area contributed by atoms with Crippen LogP contribution in [0.15, 0.2) is 72.8 Å². The van der Waals surface area contributed by atoms with E-state index in [4.69, 9.17) is 0 Å². The van der Waals surface area contributed by atoms with Crippen LogP contribution in [0, 0.1) is 0 Å². The van der Waals surface area contributed by atoms with Gasteiger partial charge < -0.3 is 0 Å². The van der Waals surface area contributed by atoms with Crippen molar-refractivity contribution in [2.75, 3.05) is 6.54 Å². The molecule has 0 N–H and O–H groups in total. The lowest BCUT2D eigenvalue weighted by atomic mass is 9.85. The van der Waals surface area contributed by atoms with Crippen LogP contribution in [-0.4, -0.2) is 23.3 Å². The summed E-state index contributed by atoms with van der Waals surface area (Å²) in [6, 6.07) is 24.3. The first-order valence-corrected chi connectivity index (χ1v) is 9.85. The van der Waals surface area contributed by atoms with Gasteiger partial charge in [-0.3, -0.25) is 14.5 Å². The molecule has 0 aromatic heterocycles. The largest absolute Gasteiger partial charge is 0.274 e. The number of benzene rings is 3. The van der Waals surface area contributed by atoms with Crippen molar-refractivity contribution in [1.82, 2.24) is 4.90 Å². The second-order valence-electron chi connectivity index (χ2n) is 7.55. The number of hydrogen-bond acceptors (Lipinski definition) is 2. The highest BCUT2D eigenvalue weighted by molar-refractivity contribution is 6.21. The molecular weight excluding hydrogens is 346 g/mol. The predicted octanol–water partition coefficient (Wildman–Crippen LogP) is 4.60. The first-order valence-electron chi connectivity index (χ1n) is 9.85. The van der Waals surface area contributed by atoms with Gasteiger partial charge in [0.1, 0.15) is 0 Å². The number of aryl methyl sites for hydroxylation is 2. The topological polar surface area (TPSA) is 37.4 Å². The summed E-state index contributed by atoms with van der Waals surface area (Å²) in [5.41, 5.74) is 6.42. The molecule has 3 aromatic carbocycles. The number of imide groups is 1. The Balaban J connectivity index is 1.48. The van der Waals surface area contributed by atoms with Gasteiger partial charge in [-0.2, -0.15) is 0 Å². The fraction of sp³-hybridized carbons (Fsp3) is 0.200. The molecule has 3 heteroatoms. The standard InChI is InChI=1S/C25H21NO2/c27-24-22-11-5-6-12-23(22)25(28)26(24)16-15-21-19-9-3-1-7-17(19)13-14-18-8-2-4-10-20(18)21/h1-12,21H,13-16H2. The van der Waals surface area contributed by atoms with Crippen molar-refractivity contribution in [3.8, 4) is 0 Å². The third-order valence-electron chi connectivity index (χ3n) is 6.04. The van der Waals surface area contributed by atoms with Crippen molar-refractivity contribution < 1.29 is 9.59 Å². The zero-order valence-corrected chi connectivity index (χ0v) is 15.6. The minimum absolute atomic E-state index is 0.171. The number of carbonyl (C=O) groups excluding carboxylic acids is 2. The SMILES string of the molecule is O=C1c2ccccc2C(=O)N1CCC1c2ccccc2CCc2ccccc21. The molecule has 0 atom stereocenters. The lowest BCUT2D eigenvalue weighted by molar-refractivity contribution is 0.0651. The summed E-state index contributed by atoms with van der Waals surface area (Å²) in [6.45, 7) is 0.430. The third kappa shape index (κ3) is 2.66. The Morgan fingerprint density at radius 1 is 0.679 bits per heavy atom. The average Bonchev–Trinajstić information content (AvgIpc) is 2.88. The first kappa shape index (κ1) is 16.9. The van der Waals surface area contributed by atoms with Crippen molar-refractivity contribution in [3.63, 3.8) is 0 Å². The van der Waals surface area contributed by atoms with Gasteiger partial charge in [0.15, 0.2) is 0 Å². The number of rotatable bonds is 3. The molecule has 5 rings (SSSR count). The Hall–Kier alpha value is -3.20. The maximum absolute atomic E-state index is 12.7. The monoisotopic (exact) mass is 367 g/mol. The number of nitrogens with zero attached hydrogens (tertiary/aromatic N) is 1. The van der Waals surface area contributed by atoms with Crippen LogP contribution < -0.4 is 0 Å². The van der Waals surface area contributed by atoms with Gasteiger partial charge in [-0.1, -0.05) is 60.7 Å². The van der Waals surface area contributed by atoms with E-state index < -0.39 is 0 Å². The van der Waals surface area contributed by atoms with Gasteiger partial charge in [0.2, 0.25) is 0 Å². The molecule has 1 heterocycles. The minimum atomic E-state index is -0.171. The van der Waals surface area contributed by atoms with Crippen molar-refractivity contribution in [2.24, 2.45) is 0 Å². The summed E-state index contributed by atoms with van der Waals surface area (Å²) in [7, 11) is 0. The van der Waals surface area contributed by atoms with Crippen molar-refractivity contribution in [1.29, 1.82) is 0 Å². The highest BCUT2D eigenvalue weighted by Gasteiger charge is 2.35. The first-order chi connectivity index (χ1) is 13.7. The lowest BCUT2D eigenvalue weighted by Gasteiger charge is -2.23. The van der Waals surface area contributed by atoms with Crippen LogP contribution in [0.25, 0.3) is 0 Å². The Bertz CT molecular complexity index is 1000. The van der Waals surface area contributed by atoms with Crippen LogP contribution in [-0.2, 0) is 12.8 Å². The number of hydrogen-bond donors (Lipinski definition) is 0. The molecule has 3 aromatic rings. The number of amides is 2. The van der Waals surface area contributed by atoms with Gasteiger partial charge in [-0.05, 0) is 53.6 Å². The quantitative estimate of drug-likeness (QED) is 0.634. The molecule has 138 valence electrons. The van der Waals surface area contributed by atoms with E-state index in [9.17, 15) is 9.59 Å². The predicted molar refractivity (Wildman–Crippen MR) is 109 cm³/mol. The lowest BCUT2D eigenvalue weighted by Crippen LogP contribution is -2.31. The molecule has 0 spiro atoms. The molecule has 1 aliphatic heterocycles. The molecule has 0 bridgehead atoms. The van der Waals surface area contributed by atoms with E-state index in [1.165, 1.54) is 27.2 Å². The van der Waals surface area contributed by atoms with Gasteiger partial charge in [0.25, 0.3) is 11.8 Å². The Morgan fingerprint density at radius 3 is 1.68 bits per heavy atom. The molecule has 0 saturated carbocycles. The van der Waals surface area contributed by atoms with E-state index in [0.29, 0.717) is 17.7 Å². The van der Waals surface area contributed by atoms with Gasteiger partial charge in [0, 0.05) is 12.5 Å². The highest BCUT2D eigenvalue weighted by atomic mass is 16.2. The van der Waals surface area contributed by atoms with E-state index in [1.807, 2.05) is 12.1 Å². The van der Waals surface area contributed by atoms with Gasteiger partial charge >= 0.3 is 0 Å². The van der Waals surface area contributed by atoms with Gasteiger partial charge in [0.05, 0.1) is 11.1 Å². The van der Waals surface area contributed by atoms with Crippen LogP contribution in [0.3, 0.4) is 0 Å². The molecule has 0 fully saturated rings. The van der Waals surface area contributed by atoms with Crippen LogP contribution >= 0.6 is 0 Å². The second-order valence-corrected chi connectivity index (χ2v) is 7.55. The van der Waals surface area contributed by atoms with Crippen molar-refractivity contribution in [3.05, 3.63) is 106 Å². The van der Waals surface area contributed by atoms with Crippen LogP contribution in [0.4, 0.5) is 0 Å². The molecule has 1 aliphatic carbocycles. The molecule has 0 saturated heterocycles. The summed E-state index contributed by atoms with van der Waals surface area (Å²) in [4.78, 5) is 26.9. The fourth-order valence-electron chi connectivity index (χ4n) is 4.65. The maximum Gasteiger partial charge on any atom is 0.261 e. The van der Waals surface area contributed by atoms with Gasteiger partial charge in [-0.25, -0.2) is 0 Å². The maximum atomic E-state index is 12.7. The minimum Gasteiger partial charge on any atom is -0.274 e. The smallest absolute Gasteiger partial charge is 0.261 e. The van der Waals surface area contributed by atoms with E-state index in [1.54, 1.807) is 12.1 Å². The van der Waals surface area contributed by atoms with Crippen molar-refractivity contribution in [2.45, 2.75) is 25.2 Å². The van der Waals surface area contributed by atoms with Crippen LogP contribution in [0.5, 0.6) is 0 Å². The number of fused-ring (bicyclic) bond motifs is 3. The van der Waals surface area contributed by atoms with Gasteiger partial charge in [-0.15, -0.1) is 0 Å². The normalized spacial score (nSPS) is 15.8. The Labute approximate surface area is 164 Å². The molecule has 0 unspecified atom stereocenters. The summed E-state index contributed by atoms with van der Waals surface area (Å²) in [5.74, 6) is -0.147. The summed E-state index contributed by atoms with van der Waals surface area (Å²) in [6.07, 6.45) is 2.78. The van der Waals surface area contributed by atoms with Crippen molar-refractivity contribution >= 4 is 11.8 Å². The van der Waals surface area contributed by atoms with Crippen LogP contribution in [0.2, 0.25) is 0 Å². The summed E-state index contributed by atoms with van der Waals surface area (Å²) < 4.78 is 0. The molecule has 0 radical (unpaired) electrons. The third-order valence-corrected chi connectivity index (χ3v) is 6.04. The summed E-state index contributed by atoms with van der Waals surface area (Å²) in [5, 5.41) is 0. The molecular formula is C25H21NO2. The second kappa shape index (κ2) is 6.75. The molecule has 28 heavy (non-hydrogen) atoms. The van der Waals surface area contributed by atoms with E-state index in [0.717, 1.165) is 19.3 Å². The zero-order chi connectivity index (χ0) is 19.1. The molecule has 2 amide bonds. The highest BCUT2D eigenvalue weighted by Crippen LogP contribution is 2.37. The Kier molecular flexibility index (Phi) is 4.09. The van der Waals surface area contributed by atoms with E-state index in [-0.39, 0.29) is 17.7 Å².